The summed E-state index contributed by atoms with van der Waals surface area (Å²) in [5.41, 5.74) is 14.2. The van der Waals surface area contributed by atoms with Gasteiger partial charge in [0.05, 0.1) is 5.41 Å². The van der Waals surface area contributed by atoms with Crippen molar-refractivity contribution in [2.75, 3.05) is 9.80 Å². The molecule has 10 aromatic rings. The molecule has 4 heteroatoms. The SMILES string of the molecule is c1ccc(N(c2ccccc2)c2ccc(N(c3ccc4c(c3)-c3ccccc3C43c4ccccc4Sc4ccccc43)c3ccc4c(c3)sc3ccccc34)cc2)cc1. The van der Waals surface area contributed by atoms with Gasteiger partial charge in [-0.3, -0.25) is 0 Å². The number of nitrogens with zero attached hydrogens (tertiary/aromatic N) is 2. The molecule has 2 nitrogen and oxygen atoms in total. The molecule has 0 amide bonds. The van der Waals surface area contributed by atoms with E-state index < -0.39 is 5.41 Å². The molecule has 9 aromatic carbocycles. The molecule has 59 heavy (non-hydrogen) atoms. The highest BCUT2D eigenvalue weighted by molar-refractivity contribution is 7.99. The first-order valence-electron chi connectivity index (χ1n) is 20.1. The number of thiophene rings is 1. The van der Waals surface area contributed by atoms with Crippen LogP contribution in [-0.2, 0) is 5.41 Å². The Morgan fingerprint density at radius 3 is 1.44 bits per heavy atom. The summed E-state index contributed by atoms with van der Waals surface area (Å²) in [6.07, 6.45) is 0. The lowest BCUT2D eigenvalue weighted by Crippen LogP contribution is -2.31. The largest absolute Gasteiger partial charge is 0.311 e. The van der Waals surface area contributed by atoms with E-state index in [0.717, 1.165) is 34.1 Å². The van der Waals surface area contributed by atoms with Crippen molar-refractivity contribution in [2.45, 2.75) is 15.2 Å². The summed E-state index contributed by atoms with van der Waals surface area (Å²) in [5, 5.41) is 2.60. The number of para-hydroxylation sites is 2. The van der Waals surface area contributed by atoms with Crippen LogP contribution >= 0.6 is 23.1 Å². The number of hydrogen-bond donors (Lipinski definition) is 0. The fourth-order valence-corrected chi connectivity index (χ4v) is 12.0. The van der Waals surface area contributed by atoms with Crippen LogP contribution in [0.25, 0.3) is 31.3 Å². The highest BCUT2D eigenvalue weighted by Crippen LogP contribution is 2.62. The van der Waals surface area contributed by atoms with Crippen LogP contribution in [0, 0.1) is 0 Å². The molecule has 1 aliphatic carbocycles. The smallest absolute Gasteiger partial charge is 0.0735 e. The topological polar surface area (TPSA) is 6.48 Å². The quantitative estimate of drug-likeness (QED) is 0.166. The molecule has 1 spiro atoms. The Balaban J connectivity index is 1.06. The molecule has 0 saturated heterocycles. The van der Waals surface area contributed by atoms with Gasteiger partial charge in [-0.2, -0.15) is 0 Å². The van der Waals surface area contributed by atoms with E-state index in [1.165, 1.54) is 63.3 Å². The first kappa shape index (κ1) is 34.2. The van der Waals surface area contributed by atoms with Crippen molar-refractivity contribution in [2.24, 2.45) is 0 Å². The predicted molar refractivity (Wildman–Crippen MR) is 250 cm³/mol. The Bertz CT molecular complexity index is 3120. The van der Waals surface area contributed by atoms with Crippen molar-refractivity contribution < 1.29 is 0 Å². The summed E-state index contributed by atoms with van der Waals surface area (Å²) in [6.45, 7) is 0. The van der Waals surface area contributed by atoms with Gasteiger partial charge < -0.3 is 9.80 Å². The Kier molecular flexibility index (Phi) is 7.90. The summed E-state index contributed by atoms with van der Waals surface area (Å²) in [5.74, 6) is 0. The second-order valence-electron chi connectivity index (χ2n) is 15.3. The van der Waals surface area contributed by atoms with Gasteiger partial charge in [0.15, 0.2) is 0 Å². The molecule has 0 unspecified atom stereocenters. The molecule has 12 rings (SSSR count). The van der Waals surface area contributed by atoms with E-state index in [4.69, 9.17) is 0 Å². The fourth-order valence-electron chi connectivity index (χ4n) is 9.64. The third-order valence-corrected chi connectivity index (χ3v) is 14.4. The molecule has 278 valence electrons. The Labute approximate surface area is 352 Å². The van der Waals surface area contributed by atoms with Gasteiger partial charge in [-0.05, 0) is 124 Å². The van der Waals surface area contributed by atoms with Crippen molar-refractivity contribution in [1.29, 1.82) is 0 Å². The van der Waals surface area contributed by atoms with Gasteiger partial charge in [0.2, 0.25) is 0 Å². The molecule has 1 aromatic heterocycles. The van der Waals surface area contributed by atoms with E-state index >= 15 is 0 Å². The van der Waals surface area contributed by atoms with Crippen LogP contribution in [0.1, 0.15) is 22.3 Å². The minimum Gasteiger partial charge on any atom is -0.311 e. The van der Waals surface area contributed by atoms with Crippen LogP contribution < -0.4 is 9.80 Å². The summed E-state index contributed by atoms with van der Waals surface area (Å²) >= 11 is 3.75. The summed E-state index contributed by atoms with van der Waals surface area (Å²) in [4.78, 5) is 7.39. The first-order chi connectivity index (χ1) is 29.3. The number of rotatable bonds is 6. The van der Waals surface area contributed by atoms with Gasteiger partial charge in [0, 0.05) is 64.1 Å². The lowest BCUT2D eigenvalue weighted by atomic mass is 9.67. The standard InChI is InChI=1S/C55H36N2S2/c1-3-15-37(16-4-1)56(38-17-5-2-6-18-38)39-27-29-40(30-28-39)57(42-31-33-45-44-20-8-12-24-51(44)58-54(45)36-42)41-32-34-48-46(35-41)43-19-7-9-21-47(43)55(48)49-22-10-13-25-52(49)59-53-26-14-11-23-50(53)55/h1-36H. The first-order valence-corrected chi connectivity index (χ1v) is 21.7. The summed E-state index contributed by atoms with van der Waals surface area (Å²) in [6, 6.07) is 80.4. The molecule has 2 heterocycles. The third-order valence-electron chi connectivity index (χ3n) is 12.1. The molecule has 0 N–H and O–H groups in total. The molecule has 1 aliphatic heterocycles. The van der Waals surface area contributed by atoms with E-state index in [1.54, 1.807) is 0 Å². The highest BCUT2D eigenvalue weighted by Gasteiger charge is 2.50. The average molecular weight is 789 g/mol. The number of benzene rings is 9. The number of anilines is 6. The maximum Gasteiger partial charge on any atom is 0.0735 e. The molecule has 2 aliphatic rings. The van der Waals surface area contributed by atoms with Gasteiger partial charge in [-0.15, -0.1) is 11.3 Å². The van der Waals surface area contributed by atoms with E-state index in [0.29, 0.717) is 0 Å². The average Bonchev–Trinajstić information content (AvgIpc) is 3.81. The predicted octanol–water partition coefficient (Wildman–Crippen LogP) is 15.8. The lowest BCUT2D eigenvalue weighted by molar-refractivity contribution is 0.722. The van der Waals surface area contributed by atoms with E-state index in [1.807, 2.05) is 23.1 Å². The van der Waals surface area contributed by atoms with Gasteiger partial charge in [-0.1, -0.05) is 139 Å². The van der Waals surface area contributed by atoms with Crippen LogP contribution in [-0.4, -0.2) is 0 Å². The Hall–Kier alpha value is -6.85. The van der Waals surface area contributed by atoms with Gasteiger partial charge in [-0.25, -0.2) is 0 Å². The molecule has 0 radical (unpaired) electrons. The second kappa shape index (κ2) is 13.6. The number of hydrogen-bond acceptors (Lipinski definition) is 4. The van der Waals surface area contributed by atoms with Crippen molar-refractivity contribution in [3.8, 4) is 11.1 Å². The summed E-state index contributed by atoms with van der Waals surface area (Å²) < 4.78 is 2.59. The van der Waals surface area contributed by atoms with Crippen LogP contribution in [0.2, 0.25) is 0 Å². The van der Waals surface area contributed by atoms with Gasteiger partial charge in [0.25, 0.3) is 0 Å². The van der Waals surface area contributed by atoms with Crippen molar-refractivity contribution in [3.63, 3.8) is 0 Å². The zero-order chi connectivity index (χ0) is 38.9. The van der Waals surface area contributed by atoms with Crippen LogP contribution in [0.15, 0.2) is 228 Å². The van der Waals surface area contributed by atoms with Crippen LogP contribution in [0.4, 0.5) is 34.1 Å². The molecule has 0 bridgehead atoms. The van der Waals surface area contributed by atoms with E-state index in [-0.39, 0.29) is 0 Å². The molecule has 0 fully saturated rings. The maximum atomic E-state index is 2.44. The Morgan fingerprint density at radius 2 is 0.763 bits per heavy atom. The van der Waals surface area contributed by atoms with E-state index in [9.17, 15) is 0 Å². The van der Waals surface area contributed by atoms with Crippen molar-refractivity contribution in [3.05, 3.63) is 241 Å². The molecular weight excluding hydrogens is 753 g/mol. The summed E-state index contributed by atoms with van der Waals surface area (Å²) in [7, 11) is 0. The van der Waals surface area contributed by atoms with Gasteiger partial charge >= 0.3 is 0 Å². The normalized spacial score (nSPS) is 13.2. The maximum absolute atomic E-state index is 2.44. The van der Waals surface area contributed by atoms with Gasteiger partial charge in [0.1, 0.15) is 0 Å². The highest BCUT2D eigenvalue weighted by atomic mass is 32.2. The molecule has 0 saturated carbocycles. The van der Waals surface area contributed by atoms with Crippen molar-refractivity contribution in [1.82, 2.24) is 0 Å². The number of fused-ring (bicyclic) bond motifs is 12. The fraction of sp³-hybridized carbons (Fsp3) is 0.0182. The minimum atomic E-state index is -0.413. The van der Waals surface area contributed by atoms with Crippen LogP contribution in [0.5, 0.6) is 0 Å². The van der Waals surface area contributed by atoms with E-state index in [2.05, 4.69) is 228 Å². The zero-order valence-corrected chi connectivity index (χ0v) is 33.6. The molecule has 0 atom stereocenters. The minimum absolute atomic E-state index is 0.413. The molecular formula is C55H36N2S2. The lowest BCUT2D eigenvalue weighted by Gasteiger charge is -2.39. The third kappa shape index (κ3) is 5.27. The monoisotopic (exact) mass is 788 g/mol. The Morgan fingerprint density at radius 1 is 0.305 bits per heavy atom. The van der Waals surface area contributed by atoms with Crippen molar-refractivity contribution >= 4 is 77.4 Å². The second-order valence-corrected chi connectivity index (χ2v) is 17.4. The zero-order valence-electron chi connectivity index (χ0n) is 32.0. The van der Waals surface area contributed by atoms with Crippen LogP contribution in [0.3, 0.4) is 0 Å².